The number of aliphatic hydroxyl groups is 1. The van der Waals surface area contributed by atoms with Gasteiger partial charge in [-0.3, -0.25) is 4.98 Å². The number of rotatable bonds is 7. The van der Waals surface area contributed by atoms with Crippen LogP contribution in [0.3, 0.4) is 0 Å². The fourth-order valence-corrected chi connectivity index (χ4v) is 2.27. The van der Waals surface area contributed by atoms with Crippen molar-refractivity contribution in [1.29, 1.82) is 0 Å². The van der Waals surface area contributed by atoms with Gasteiger partial charge in [-0.2, -0.15) is 0 Å². The van der Waals surface area contributed by atoms with Crippen molar-refractivity contribution in [3.63, 3.8) is 0 Å². The maximum absolute atomic E-state index is 8.63. The van der Waals surface area contributed by atoms with Gasteiger partial charge in [0.1, 0.15) is 0 Å². The van der Waals surface area contributed by atoms with Crippen molar-refractivity contribution < 1.29 is 5.11 Å². The van der Waals surface area contributed by atoms with E-state index in [-0.39, 0.29) is 0 Å². The minimum absolute atomic E-state index is 0.317. The van der Waals surface area contributed by atoms with E-state index in [4.69, 9.17) is 5.11 Å². The summed E-state index contributed by atoms with van der Waals surface area (Å²) in [6.45, 7) is 2.46. The summed E-state index contributed by atoms with van der Waals surface area (Å²) in [5, 5.41) is 8.63. The normalized spacial score (nSPS) is 10.5. The molecule has 84 valence electrons. The first kappa shape index (κ1) is 12.5. The van der Waals surface area contributed by atoms with Gasteiger partial charge in [0.2, 0.25) is 0 Å². The van der Waals surface area contributed by atoms with Crippen LogP contribution in [0.1, 0.15) is 31.7 Å². The molecule has 0 fully saturated rings. The van der Waals surface area contributed by atoms with Crippen LogP contribution < -0.4 is 0 Å². The molecule has 0 radical (unpaired) electrons. The minimum Gasteiger partial charge on any atom is -0.396 e. The lowest BCUT2D eigenvalue weighted by atomic mass is 10.2. The van der Waals surface area contributed by atoms with Gasteiger partial charge in [0.15, 0.2) is 0 Å². The first-order chi connectivity index (χ1) is 7.36. The first-order valence-corrected chi connectivity index (χ1v) is 6.53. The summed E-state index contributed by atoms with van der Waals surface area (Å²) in [5.74, 6) is 1.12. The van der Waals surface area contributed by atoms with Crippen LogP contribution in [0.25, 0.3) is 0 Å². The molecule has 0 spiro atoms. The van der Waals surface area contributed by atoms with Gasteiger partial charge in [-0.15, -0.1) is 11.8 Å². The van der Waals surface area contributed by atoms with Gasteiger partial charge in [-0.1, -0.05) is 13.3 Å². The Morgan fingerprint density at radius 1 is 1.27 bits per heavy atom. The van der Waals surface area contributed by atoms with E-state index < -0.39 is 0 Å². The predicted molar refractivity (Wildman–Crippen MR) is 65.3 cm³/mol. The second kappa shape index (κ2) is 7.71. The number of hydrogen-bond acceptors (Lipinski definition) is 3. The molecule has 0 aliphatic carbocycles. The van der Waals surface area contributed by atoms with Gasteiger partial charge >= 0.3 is 0 Å². The highest BCUT2D eigenvalue weighted by Crippen LogP contribution is 2.19. The molecular formula is C12H19NOS. The molecule has 1 heterocycles. The number of aromatic nitrogens is 1. The highest BCUT2D eigenvalue weighted by atomic mass is 32.2. The van der Waals surface area contributed by atoms with E-state index in [1.54, 1.807) is 0 Å². The van der Waals surface area contributed by atoms with Crippen LogP contribution in [-0.4, -0.2) is 22.5 Å². The summed E-state index contributed by atoms with van der Waals surface area (Å²) < 4.78 is 0. The Balaban J connectivity index is 2.24. The molecule has 1 rings (SSSR count). The number of pyridine rings is 1. The molecule has 0 atom stereocenters. The maximum Gasteiger partial charge on any atom is 0.0431 e. The van der Waals surface area contributed by atoms with Gasteiger partial charge in [0, 0.05) is 23.9 Å². The molecule has 1 N–H and O–H groups in total. The second-order valence-corrected chi connectivity index (χ2v) is 4.68. The standard InChI is InChI=1S/C12H19NOS/c1-2-11-8-12(10-13-9-11)15-7-5-3-4-6-14/h8-10,14H,2-7H2,1H3. The van der Waals surface area contributed by atoms with Crippen molar-refractivity contribution in [2.75, 3.05) is 12.4 Å². The summed E-state index contributed by atoms with van der Waals surface area (Å²) >= 11 is 1.86. The van der Waals surface area contributed by atoms with Crippen molar-refractivity contribution in [3.05, 3.63) is 24.0 Å². The molecule has 0 amide bonds. The van der Waals surface area contributed by atoms with E-state index in [0.29, 0.717) is 6.61 Å². The molecule has 0 bridgehead atoms. The van der Waals surface area contributed by atoms with E-state index in [0.717, 1.165) is 25.0 Å². The lowest BCUT2D eigenvalue weighted by Gasteiger charge is -2.02. The molecule has 0 aliphatic heterocycles. The van der Waals surface area contributed by atoms with Gasteiger partial charge < -0.3 is 5.11 Å². The van der Waals surface area contributed by atoms with Crippen LogP contribution >= 0.6 is 11.8 Å². The number of nitrogens with zero attached hydrogens (tertiary/aromatic N) is 1. The third kappa shape index (κ3) is 5.19. The second-order valence-electron chi connectivity index (χ2n) is 3.52. The van der Waals surface area contributed by atoms with Crippen molar-refractivity contribution in [3.8, 4) is 0 Å². The lowest BCUT2D eigenvalue weighted by Crippen LogP contribution is -1.87. The molecule has 0 saturated carbocycles. The van der Waals surface area contributed by atoms with Crippen molar-refractivity contribution in [2.24, 2.45) is 0 Å². The van der Waals surface area contributed by atoms with Gasteiger partial charge in [-0.25, -0.2) is 0 Å². The molecule has 0 aliphatic rings. The topological polar surface area (TPSA) is 33.1 Å². The van der Waals surface area contributed by atoms with E-state index in [2.05, 4.69) is 18.0 Å². The van der Waals surface area contributed by atoms with E-state index in [9.17, 15) is 0 Å². The zero-order valence-electron chi connectivity index (χ0n) is 9.28. The number of aliphatic hydroxyl groups excluding tert-OH is 1. The van der Waals surface area contributed by atoms with E-state index >= 15 is 0 Å². The number of thioether (sulfide) groups is 1. The molecule has 2 nitrogen and oxygen atoms in total. The third-order valence-electron chi connectivity index (χ3n) is 2.25. The lowest BCUT2D eigenvalue weighted by molar-refractivity contribution is 0.284. The highest BCUT2D eigenvalue weighted by molar-refractivity contribution is 7.99. The Kier molecular flexibility index (Phi) is 6.44. The fourth-order valence-electron chi connectivity index (χ4n) is 1.32. The zero-order valence-corrected chi connectivity index (χ0v) is 10.1. The summed E-state index contributed by atoms with van der Waals surface area (Å²) in [4.78, 5) is 5.47. The maximum atomic E-state index is 8.63. The monoisotopic (exact) mass is 225 g/mol. The fraction of sp³-hybridized carbons (Fsp3) is 0.583. The molecule has 1 aromatic heterocycles. The van der Waals surface area contributed by atoms with E-state index in [1.165, 1.54) is 16.9 Å². The Morgan fingerprint density at radius 2 is 2.13 bits per heavy atom. The average molecular weight is 225 g/mol. The Morgan fingerprint density at radius 3 is 2.87 bits per heavy atom. The number of aryl methyl sites for hydroxylation is 1. The Bertz CT molecular complexity index is 278. The summed E-state index contributed by atoms with van der Waals surface area (Å²) in [5.41, 5.74) is 1.30. The quantitative estimate of drug-likeness (QED) is 0.572. The SMILES string of the molecule is CCc1cncc(SCCCCCO)c1. The molecule has 15 heavy (non-hydrogen) atoms. The van der Waals surface area contributed by atoms with Gasteiger partial charge in [0.25, 0.3) is 0 Å². The zero-order chi connectivity index (χ0) is 10.9. The van der Waals surface area contributed by atoms with E-state index in [1.807, 2.05) is 24.2 Å². The number of unbranched alkanes of at least 4 members (excludes halogenated alkanes) is 2. The molecule has 1 aromatic rings. The Hall–Kier alpha value is -0.540. The van der Waals surface area contributed by atoms with Crippen molar-refractivity contribution >= 4 is 11.8 Å². The summed E-state index contributed by atoms with van der Waals surface area (Å²) in [6, 6.07) is 2.21. The van der Waals surface area contributed by atoms with Crippen LogP contribution in [0.5, 0.6) is 0 Å². The van der Waals surface area contributed by atoms with Crippen LogP contribution in [0.4, 0.5) is 0 Å². The number of hydrogen-bond donors (Lipinski definition) is 1. The predicted octanol–water partition coefficient (Wildman–Crippen LogP) is 2.90. The third-order valence-corrected chi connectivity index (χ3v) is 3.30. The van der Waals surface area contributed by atoms with Crippen LogP contribution in [0, 0.1) is 0 Å². The van der Waals surface area contributed by atoms with Gasteiger partial charge in [0.05, 0.1) is 0 Å². The molecule has 0 aromatic carbocycles. The molecular weight excluding hydrogens is 206 g/mol. The molecule has 3 heteroatoms. The smallest absolute Gasteiger partial charge is 0.0431 e. The summed E-state index contributed by atoms with van der Waals surface area (Å²) in [6.07, 6.45) is 8.11. The first-order valence-electron chi connectivity index (χ1n) is 5.54. The highest BCUT2D eigenvalue weighted by Gasteiger charge is 1.96. The van der Waals surface area contributed by atoms with Crippen molar-refractivity contribution in [2.45, 2.75) is 37.5 Å². The van der Waals surface area contributed by atoms with Gasteiger partial charge in [-0.05, 0) is 36.6 Å². The molecule has 0 saturated heterocycles. The Labute approximate surface area is 96.1 Å². The van der Waals surface area contributed by atoms with Crippen molar-refractivity contribution in [1.82, 2.24) is 4.98 Å². The van der Waals surface area contributed by atoms with Crippen LogP contribution in [0.15, 0.2) is 23.4 Å². The molecule has 0 unspecified atom stereocenters. The summed E-state index contributed by atoms with van der Waals surface area (Å²) in [7, 11) is 0. The minimum atomic E-state index is 0.317. The van der Waals surface area contributed by atoms with Crippen LogP contribution in [0.2, 0.25) is 0 Å². The average Bonchev–Trinajstić information content (AvgIpc) is 2.29. The largest absolute Gasteiger partial charge is 0.396 e. The van der Waals surface area contributed by atoms with Crippen LogP contribution in [-0.2, 0) is 6.42 Å².